The number of hydrogen-bond donors (Lipinski definition) is 0. The van der Waals surface area contributed by atoms with Gasteiger partial charge >= 0.3 is 21.7 Å². The van der Waals surface area contributed by atoms with Crippen LogP contribution in [0.5, 0.6) is 0 Å². The molecule has 0 aliphatic carbocycles. The monoisotopic (exact) mass is 180 g/mol. The van der Waals surface area contributed by atoms with Crippen LogP contribution in [-0.4, -0.2) is 0 Å². The summed E-state index contributed by atoms with van der Waals surface area (Å²) in [6.07, 6.45) is 5.15. The Hall–Kier alpha value is -0.456. The molecule has 0 amide bonds. The van der Waals surface area contributed by atoms with E-state index in [0.717, 1.165) is 0 Å². The van der Waals surface area contributed by atoms with Gasteiger partial charge < -0.3 is 0 Å². The SMILES string of the molecule is [CH-]=CC=CC.[Ti+2].c1cc[cH-]c1. The number of hydrogen-bond acceptors (Lipinski definition) is 0. The second-order valence-corrected chi connectivity index (χ2v) is 1.68. The topological polar surface area (TPSA) is 0 Å². The van der Waals surface area contributed by atoms with E-state index in [1.165, 1.54) is 6.08 Å². The van der Waals surface area contributed by atoms with E-state index in [0.29, 0.717) is 0 Å². The molecule has 1 aromatic carbocycles. The maximum absolute atomic E-state index is 4.93. The van der Waals surface area contributed by atoms with Gasteiger partial charge in [0.2, 0.25) is 0 Å². The fraction of sp³-hybridized carbons (Fsp3) is 0.100. The van der Waals surface area contributed by atoms with Gasteiger partial charge in [0.1, 0.15) is 0 Å². The smallest absolute Gasteiger partial charge is 0.293 e. The normalized spacial score (nSPS) is 7.73. The Morgan fingerprint density at radius 2 is 1.82 bits per heavy atom. The molecule has 0 bridgehead atoms. The standard InChI is InChI=1S/C5H5.C5H7.Ti/c1-2-4-5-3-1;1-3-5-4-2;/h1-5H;1,3-5H,2H3;/q2*-1;+2. The van der Waals surface area contributed by atoms with Gasteiger partial charge in [-0.2, -0.15) is 24.3 Å². The van der Waals surface area contributed by atoms with Crippen LogP contribution in [0.2, 0.25) is 0 Å². The van der Waals surface area contributed by atoms with Gasteiger partial charge in [-0.3, -0.25) is 6.58 Å². The van der Waals surface area contributed by atoms with E-state index in [4.69, 9.17) is 6.58 Å². The first kappa shape index (κ1) is 13.2. The Morgan fingerprint density at radius 3 is 1.91 bits per heavy atom. The summed E-state index contributed by atoms with van der Waals surface area (Å²) >= 11 is 0. The molecule has 0 aromatic heterocycles. The molecule has 0 fully saturated rings. The van der Waals surface area contributed by atoms with Gasteiger partial charge in [0.25, 0.3) is 0 Å². The maximum Gasteiger partial charge on any atom is 2.00 e. The van der Waals surface area contributed by atoms with Gasteiger partial charge in [0.05, 0.1) is 0 Å². The Kier molecular flexibility index (Phi) is 14.6. The summed E-state index contributed by atoms with van der Waals surface area (Å²) in [4.78, 5) is 0. The molecule has 0 unspecified atom stereocenters. The molecule has 0 heterocycles. The van der Waals surface area contributed by atoms with Crippen LogP contribution in [0.25, 0.3) is 0 Å². The minimum absolute atomic E-state index is 0. The fourth-order valence-corrected chi connectivity index (χ4v) is 0.432. The predicted molar refractivity (Wildman–Crippen MR) is 45.7 cm³/mol. The van der Waals surface area contributed by atoms with Gasteiger partial charge in [0.15, 0.2) is 0 Å². The Balaban J connectivity index is 0. The summed E-state index contributed by atoms with van der Waals surface area (Å²) in [5, 5.41) is 0. The van der Waals surface area contributed by atoms with E-state index < -0.39 is 0 Å². The summed E-state index contributed by atoms with van der Waals surface area (Å²) < 4.78 is 0. The maximum atomic E-state index is 4.93. The molecular weight excluding hydrogens is 168 g/mol. The average molecular weight is 180 g/mol. The average Bonchev–Trinajstić information content (AvgIpc) is 2.44. The minimum atomic E-state index is 0. The molecule has 0 N–H and O–H groups in total. The molecule has 0 atom stereocenters. The van der Waals surface area contributed by atoms with E-state index in [1.807, 2.05) is 43.3 Å². The molecule has 0 radical (unpaired) electrons. The van der Waals surface area contributed by atoms with Gasteiger partial charge in [-0.1, -0.05) is 6.92 Å². The molecule has 0 saturated heterocycles. The zero-order valence-corrected chi connectivity index (χ0v) is 8.26. The van der Waals surface area contributed by atoms with Crippen molar-refractivity contribution in [3.63, 3.8) is 0 Å². The molecule has 0 spiro atoms. The summed E-state index contributed by atoms with van der Waals surface area (Å²) in [7, 11) is 0. The Labute approximate surface area is 83.9 Å². The minimum Gasteiger partial charge on any atom is -0.293 e. The van der Waals surface area contributed by atoms with Crippen LogP contribution in [0.15, 0.2) is 48.6 Å². The summed E-state index contributed by atoms with van der Waals surface area (Å²) in [6, 6.07) is 10.0. The van der Waals surface area contributed by atoms with Crippen molar-refractivity contribution >= 4 is 0 Å². The number of allylic oxidation sites excluding steroid dienone is 3. The van der Waals surface area contributed by atoms with Gasteiger partial charge in [-0.25, -0.2) is 24.3 Å². The van der Waals surface area contributed by atoms with Crippen molar-refractivity contribution in [3.05, 3.63) is 55.1 Å². The third kappa shape index (κ3) is 12.7. The zero-order valence-electron chi connectivity index (χ0n) is 6.70. The van der Waals surface area contributed by atoms with Crippen LogP contribution >= 0.6 is 0 Å². The second-order valence-electron chi connectivity index (χ2n) is 1.68. The third-order valence-electron chi connectivity index (χ3n) is 0.859. The molecule has 0 nitrogen and oxygen atoms in total. The van der Waals surface area contributed by atoms with Crippen LogP contribution in [0.4, 0.5) is 0 Å². The molecule has 1 aromatic rings. The summed E-state index contributed by atoms with van der Waals surface area (Å²) in [6.45, 7) is 6.85. The van der Waals surface area contributed by atoms with Crippen molar-refractivity contribution in [1.29, 1.82) is 0 Å². The van der Waals surface area contributed by atoms with E-state index in [1.54, 1.807) is 6.08 Å². The van der Waals surface area contributed by atoms with Crippen molar-refractivity contribution in [2.75, 3.05) is 0 Å². The zero-order chi connectivity index (χ0) is 7.66. The first-order valence-electron chi connectivity index (χ1n) is 3.24. The third-order valence-corrected chi connectivity index (χ3v) is 0.859. The molecule has 1 rings (SSSR count). The summed E-state index contributed by atoms with van der Waals surface area (Å²) in [5.74, 6) is 0. The molecule has 1 heteroatoms. The molecule has 0 aliphatic rings. The van der Waals surface area contributed by atoms with E-state index in [-0.39, 0.29) is 21.7 Å². The molecule has 56 valence electrons. The van der Waals surface area contributed by atoms with Crippen LogP contribution < -0.4 is 0 Å². The van der Waals surface area contributed by atoms with E-state index >= 15 is 0 Å². The van der Waals surface area contributed by atoms with E-state index in [9.17, 15) is 0 Å². The fourth-order valence-electron chi connectivity index (χ4n) is 0.432. The van der Waals surface area contributed by atoms with Crippen LogP contribution in [0.3, 0.4) is 0 Å². The quantitative estimate of drug-likeness (QED) is 0.354. The largest absolute Gasteiger partial charge is 2.00 e. The molecule has 11 heavy (non-hydrogen) atoms. The molecule has 0 saturated carbocycles. The predicted octanol–water partition coefficient (Wildman–Crippen LogP) is 2.95. The van der Waals surface area contributed by atoms with Crippen molar-refractivity contribution in [2.45, 2.75) is 6.92 Å². The van der Waals surface area contributed by atoms with Crippen LogP contribution in [0, 0.1) is 6.58 Å². The molecular formula is C10H12Ti. The van der Waals surface area contributed by atoms with Crippen LogP contribution in [0.1, 0.15) is 6.92 Å². The number of rotatable bonds is 1. The first-order chi connectivity index (χ1) is 4.91. The van der Waals surface area contributed by atoms with Gasteiger partial charge in [0, 0.05) is 0 Å². The van der Waals surface area contributed by atoms with Crippen molar-refractivity contribution < 1.29 is 21.7 Å². The van der Waals surface area contributed by atoms with Crippen molar-refractivity contribution in [2.24, 2.45) is 0 Å². The van der Waals surface area contributed by atoms with Gasteiger partial charge in [-0.05, 0) is 0 Å². The van der Waals surface area contributed by atoms with Crippen LogP contribution in [-0.2, 0) is 21.7 Å². The van der Waals surface area contributed by atoms with Crippen molar-refractivity contribution in [1.82, 2.24) is 0 Å². The Bertz CT molecular complexity index is 144. The van der Waals surface area contributed by atoms with Crippen molar-refractivity contribution in [3.8, 4) is 0 Å². The Morgan fingerprint density at radius 1 is 1.27 bits per heavy atom. The first-order valence-corrected chi connectivity index (χ1v) is 3.24. The van der Waals surface area contributed by atoms with E-state index in [2.05, 4.69) is 0 Å². The van der Waals surface area contributed by atoms with Gasteiger partial charge in [-0.15, -0.1) is 0 Å². The second kappa shape index (κ2) is 12.2. The molecule has 0 aliphatic heterocycles. The summed E-state index contributed by atoms with van der Waals surface area (Å²) in [5.41, 5.74) is 0.